The fourth-order valence-corrected chi connectivity index (χ4v) is 1.45. The molecule has 4 N–H and O–H groups in total. The highest BCUT2D eigenvalue weighted by molar-refractivity contribution is 5.76. The Balaban J connectivity index is 4.08. The molecule has 2 unspecified atom stereocenters. The minimum absolute atomic E-state index is 0.00720. The molecule has 0 spiro atoms. The molecule has 0 aliphatic rings. The van der Waals surface area contributed by atoms with Crippen LogP contribution in [-0.4, -0.2) is 43.4 Å². The molecule has 5 heteroatoms. The first kappa shape index (κ1) is 15.3. The van der Waals surface area contributed by atoms with Gasteiger partial charge in [0.25, 0.3) is 0 Å². The van der Waals surface area contributed by atoms with Crippen LogP contribution >= 0.6 is 0 Å². The van der Waals surface area contributed by atoms with E-state index in [1.807, 2.05) is 13.8 Å². The second-order valence-electron chi connectivity index (χ2n) is 4.23. The summed E-state index contributed by atoms with van der Waals surface area (Å²) in [6.07, 6.45) is 0.604. The van der Waals surface area contributed by atoms with Gasteiger partial charge in [-0.1, -0.05) is 13.8 Å². The lowest BCUT2D eigenvalue weighted by molar-refractivity contribution is -0.124. The molecule has 0 aliphatic heterocycles. The van der Waals surface area contributed by atoms with Crippen LogP contribution in [0, 0.1) is 5.92 Å². The number of carbonyl (C=O) groups excluding carboxylic acids is 1. The van der Waals surface area contributed by atoms with Crippen molar-refractivity contribution in [2.45, 2.75) is 38.8 Å². The van der Waals surface area contributed by atoms with Crippen molar-refractivity contribution in [3.05, 3.63) is 0 Å². The maximum atomic E-state index is 11.6. The molecule has 16 heavy (non-hydrogen) atoms. The average molecular weight is 232 g/mol. The molecule has 0 saturated heterocycles. The van der Waals surface area contributed by atoms with Crippen LogP contribution in [-0.2, 0) is 9.53 Å². The minimum atomic E-state index is -0.234. The molecule has 0 rings (SSSR count). The molecule has 0 fully saturated rings. The Morgan fingerprint density at radius 3 is 2.50 bits per heavy atom. The highest BCUT2D eigenvalue weighted by atomic mass is 16.5. The lowest BCUT2D eigenvalue weighted by Crippen LogP contribution is -2.41. The van der Waals surface area contributed by atoms with E-state index in [4.69, 9.17) is 15.6 Å². The predicted molar refractivity (Wildman–Crippen MR) is 62.9 cm³/mol. The Kier molecular flexibility index (Phi) is 8.15. The first-order valence-electron chi connectivity index (χ1n) is 5.68. The molecule has 5 nitrogen and oxygen atoms in total. The predicted octanol–water partition coefficient (Wildman–Crippen LogP) is -0.127. The lowest BCUT2D eigenvalue weighted by atomic mass is 10.0. The van der Waals surface area contributed by atoms with Crippen LogP contribution in [0.15, 0.2) is 0 Å². The second kappa shape index (κ2) is 8.50. The number of nitrogens with one attached hydrogen (secondary N) is 1. The highest BCUT2D eigenvalue weighted by Crippen LogP contribution is 2.06. The maximum absolute atomic E-state index is 11.6. The topological polar surface area (TPSA) is 84.6 Å². The third-order valence-corrected chi connectivity index (χ3v) is 2.60. The third-order valence-electron chi connectivity index (χ3n) is 2.60. The van der Waals surface area contributed by atoms with Gasteiger partial charge in [0.1, 0.15) is 0 Å². The van der Waals surface area contributed by atoms with Crippen molar-refractivity contribution in [3.63, 3.8) is 0 Å². The van der Waals surface area contributed by atoms with Gasteiger partial charge in [-0.25, -0.2) is 0 Å². The lowest BCUT2D eigenvalue weighted by Gasteiger charge is -2.22. The summed E-state index contributed by atoms with van der Waals surface area (Å²) in [5, 5.41) is 11.8. The number of methoxy groups -OCH3 is 1. The van der Waals surface area contributed by atoms with E-state index < -0.39 is 0 Å². The van der Waals surface area contributed by atoms with Gasteiger partial charge in [-0.15, -0.1) is 0 Å². The Hall–Kier alpha value is -0.650. The maximum Gasteiger partial charge on any atom is 0.222 e. The molecule has 0 radical (unpaired) electrons. The third kappa shape index (κ3) is 6.05. The number of carbonyl (C=O) groups is 1. The summed E-state index contributed by atoms with van der Waals surface area (Å²) in [5.41, 5.74) is 5.44. The molecular weight excluding hydrogens is 208 g/mol. The van der Waals surface area contributed by atoms with E-state index in [1.165, 1.54) is 0 Å². The quantitative estimate of drug-likeness (QED) is 0.544. The molecule has 0 bridgehead atoms. The summed E-state index contributed by atoms with van der Waals surface area (Å²) < 4.78 is 5.04. The number of aliphatic hydroxyl groups is 1. The summed E-state index contributed by atoms with van der Waals surface area (Å²) in [7, 11) is 1.54. The second-order valence-corrected chi connectivity index (χ2v) is 4.23. The Morgan fingerprint density at radius 1 is 1.50 bits per heavy atom. The van der Waals surface area contributed by atoms with E-state index in [1.54, 1.807) is 7.11 Å². The zero-order chi connectivity index (χ0) is 12.6. The van der Waals surface area contributed by atoms with Gasteiger partial charge in [-0.05, 0) is 12.3 Å². The van der Waals surface area contributed by atoms with Crippen molar-refractivity contribution in [1.29, 1.82) is 0 Å². The first-order valence-corrected chi connectivity index (χ1v) is 5.68. The Labute approximate surface area is 97.3 Å². The zero-order valence-corrected chi connectivity index (χ0v) is 10.4. The van der Waals surface area contributed by atoms with Gasteiger partial charge in [-0.2, -0.15) is 0 Å². The molecule has 0 heterocycles. The fourth-order valence-electron chi connectivity index (χ4n) is 1.45. The molecule has 0 aromatic heterocycles. The van der Waals surface area contributed by atoms with Crippen molar-refractivity contribution in [1.82, 2.24) is 5.32 Å². The van der Waals surface area contributed by atoms with Crippen molar-refractivity contribution in [2.24, 2.45) is 11.7 Å². The fraction of sp³-hybridized carbons (Fsp3) is 0.909. The number of aliphatic hydroxyl groups excluding tert-OH is 1. The Morgan fingerprint density at radius 2 is 2.12 bits per heavy atom. The number of ether oxygens (including phenoxy) is 1. The van der Waals surface area contributed by atoms with Gasteiger partial charge in [0.15, 0.2) is 0 Å². The number of hydrogen-bond donors (Lipinski definition) is 3. The highest BCUT2D eigenvalue weighted by Gasteiger charge is 2.18. The van der Waals surface area contributed by atoms with E-state index in [2.05, 4.69) is 5.32 Å². The monoisotopic (exact) mass is 232 g/mol. The molecule has 0 aromatic rings. The average Bonchev–Trinajstić information content (AvgIpc) is 2.25. The standard InChI is InChI=1S/C11H24N2O3/c1-8(2)10(4-5-14)13-11(15)6-9(7-12)16-3/h8-10,14H,4-7,12H2,1-3H3,(H,13,15). The molecule has 2 atom stereocenters. The van der Waals surface area contributed by atoms with Gasteiger partial charge >= 0.3 is 0 Å². The normalized spacial score (nSPS) is 14.9. The number of hydrogen-bond acceptors (Lipinski definition) is 4. The zero-order valence-electron chi connectivity index (χ0n) is 10.4. The van der Waals surface area contributed by atoms with Crippen LogP contribution in [0.3, 0.4) is 0 Å². The van der Waals surface area contributed by atoms with Gasteiger partial charge in [0, 0.05) is 26.3 Å². The smallest absolute Gasteiger partial charge is 0.222 e. The van der Waals surface area contributed by atoms with Crippen molar-refractivity contribution in [3.8, 4) is 0 Å². The van der Waals surface area contributed by atoms with Crippen molar-refractivity contribution in [2.75, 3.05) is 20.3 Å². The van der Waals surface area contributed by atoms with Crippen LogP contribution in [0.5, 0.6) is 0 Å². The van der Waals surface area contributed by atoms with E-state index >= 15 is 0 Å². The summed E-state index contributed by atoms with van der Waals surface area (Å²) in [5.74, 6) is 0.222. The number of amides is 1. The van der Waals surface area contributed by atoms with Crippen LogP contribution in [0.4, 0.5) is 0 Å². The van der Waals surface area contributed by atoms with Gasteiger partial charge in [0.2, 0.25) is 5.91 Å². The molecule has 0 aliphatic carbocycles. The molecule has 0 aromatic carbocycles. The molecule has 96 valence electrons. The van der Waals surface area contributed by atoms with E-state index in [0.29, 0.717) is 18.9 Å². The summed E-state index contributed by atoms with van der Waals surface area (Å²) in [4.78, 5) is 11.6. The Bertz CT molecular complexity index is 194. The molecular formula is C11H24N2O3. The van der Waals surface area contributed by atoms with Gasteiger partial charge in [0.05, 0.1) is 12.5 Å². The SMILES string of the molecule is COC(CN)CC(=O)NC(CCO)C(C)C. The molecule has 1 amide bonds. The summed E-state index contributed by atoms with van der Waals surface area (Å²) in [6, 6.07) is 0.00720. The summed E-state index contributed by atoms with van der Waals surface area (Å²) >= 11 is 0. The number of nitrogens with two attached hydrogens (primary N) is 1. The molecule has 0 saturated carbocycles. The largest absolute Gasteiger partial charge is 0.396 e. The van der Waals surface area contributed by atoms with Crippen molar-refractivity contribution < 1.29 is 14.6 Å². The van der Waals surface area contributed by atoms with E-state index in [0.717, 1.165) is 0 Å². The number of rotatable bonds is 8. The van der Waals surface area contributed by atoms with E-state index in [-0.39, 0.29) is 31.1 Å². The van der Waals surface area contributed by atoms with Gasteiger partial charge in [-0.3, -0.25) is 4.79 Å². The first-order chi connectivity index (χ1) is 7.54. The van der Waals surface area contributed by atoms with Crippen molar-refractivity contribution >= 4 is 5.91 Å². The van der Waals surface area contributed by atoms with Crippen LogP contribution in [0.2, 0.25) is 0 Å². The van der Waals surface area contributed by atoms with Crippen LogP contribution in [0.1, 0.15) is 26.7 Å². The van der Waals surface area contributed by atoms with Gasteiger partial charge < -0.3 is 20.9 Å². The van der Waals surface area contributed by atoms with Crippen LogP contribution < -0.4 is 11.1 Å². The minimum Gasteiger partial charge on any atom is -0.396 e. The van der Waals surface area contributed by atoms with E-state index in [9.17, 15) is 4.79 Å². The summed E-state index contributed by atoms with van der Waals surface area (Å²) in [6.45, 7) is 4.43. The van der Waals surface area contributed by atoms with Crippen LogP contribution in [0.25, 0.3) is 0 Å².